The third-order valence-electron chi connectivity index (χ3n) is 3.38. The fourth-order valence-electron chi connectivity index (χ4n) is 2.41. The molecule has 1 unspecified atom stereocenters. The van der Waals surface area contributed by atoms with Gasteiger partial charge in [0.25, 0.3) is 0 Å². The number of sulfonamides is 1. The van der Waals surface area contributed by atoms with E-state index in [0.29, 0.717) is 12.3 Å². The van der Waals surface area contributed by atoms with Crippen LogP contribution in [0.1, 0.15) is 12.8 Å². The number of nitrogens with one attached hydrogen (secondary N) is 2. The summed E-state index contributed by atoms with van der Waals surface area (Å²) in [5.41, 5.74) is 2.26. The third-order valence-corrected chi connectivity index (χ3v) is 4.73. The van der Waals surface area contributed by atoms with Gasteiger partial charge in [-0.15, -0.1) is 0 Å². The van der Waals surface area contributed by atoms with Gasteiger partial charge in [-0.05, 0) is 31.0 Å². The summed E-state index contributed by atoms with van der Waals surface area (Å²) >= 11 is 0. The van der Waals surface area contributed by atoms with E-state index in [-0.39, 0.29) is 11.9 Å². The van der Waals surface area contributed by atoms with Crippen LogP contribution in [0.2, 0.25) is 0 Å². The lowest BCUT2D eigenvalue weighted by Crippen LogP contribution is -2.25. The van der Waals surface area contributed by atoms with Crippen LogP contribution in [0.3, 0.4) is 0 Å². The van der Waals surface area contributed by atoms with E-state index in [2.05, 4.69) is 14.9 Å². The number of benzene rings is 1. The molecule has 2 heterocycles. The van der Waals surface area contributed by atoms with Crippen molar-refractivity contribution in [1.82, 2.24) is 10.2 Å². The van der Waals surface area contributed by atoms with Gasteiger partial charge in [-0.3, -0.25) is 9.82 Å². The average Bonchev–Trinajstić information content (AvgIpc) is 3.10. The first kappa shape index (κ1) is 14.1. The van der Waals surface area contributed by atoms with Crippen molar-refractivity contribution in [3.8, 4) is 11.3 Å². The Bertz CT molecular complexity index is 692. The van der Waals surface area contributed by atoms with Crippen LogP contribution in [0.5, 0.6) is 0 Å². The molecule has 1 aliphatic rings. The Morgan fingerprint density at radius 1 is 1.38 bits per heavy atom. The van der Waals surface area contributed by atoms with Gasteiger partial charge in [0.1, 0.15) is 0 Å². The number of ether oxygens (including phenoxy) is 1. The number of nitrogens with zero attached hydrogens (tertiary/aromatic N) is 1. The normalized spacial score (nSPS) is 18.8. The highest BCUT2D eigenvalue weighted by atomic mass is 32.2. The second-order valence-electron chi connectivity index (χ2n) is 5.07. The topological polar surface area (TPSA) is 84.1 Å². The molecule has 0 spiro atoms. The molecule has 1 fully saturated rings. The summed E-state index contributed by atoms with van der Waals surface area (Å²) in [6, 6.07) is 9.04. The summed E-state index contributed by atoms with van der Waals surface area (Å²) in [5, 5.41) is 6.75. The molecule has 3 rings (SSSR count). The van der Waals surface area contributed by atoms with Crippen LogP contribution in [0, 0.1) is 0 Å². The summed E-state index contributed by atoms with van der Waals surface area (Å²) < 4.78 is 32.3. The van der Waals surface area contributed by atoms with Gasteiger partial charge >= 0.3 is 0 Å². The molecular formula is C14H17N3O3S. The molecule has 6 nitrogen and oxygen atoms in total. The van der Waals surface area contributed by atoms with E-state index in [1.165, 1.54) is 0 Å². The first-order chi connectivity index (χ1) is 10.1. The van der Waals surface area contributed by atoms with Gasteiger partial charge in [0, 0.05) is 24.1 Å². The maximum Gasteiger partial charge on any atom is 0.235 e. The number of hydrogen-bond donors (Lipinski definition) is 2. The minimum Gasteiger partial charge on any atom is -0.377 e. The maximum absolute atomic E-state index is 12.1. The standard InChI is InChI=1S/C14H17N3O3S/c18-21(19,10-13-5-2-8-20-13)17-12-4-1-3-11(9-12)14-6-7-15-16-14/h1,3-4,6-7,9,13,17H,2,5,8,10H2,(H,15,16). The molecule has 0 saturated carbocycles. The largest absolute Gasteiger partial charge is 0.377 e. The van der Waals surface area contributed by atoms with Gasteiger partial charge in [0.15, 0.2) is 0 Å². The minimum absolute atomic E-state index is 0.00127. The van der Waals surface area contributed by atoms with E-state index in [9.17, 15) is 8.42 Å². The number of aromatic nitrogens is 2. The van der Waals surface area contributed by atoms with E-state index in [0.717, 1.165) is 24.1 Å². The molecule has 1 aromatic heterocycles. The molecule has 7 heteroatoms. The van der Waals surface area contributed by atoms with Gasteiger partial charge in [-0.25, -0.2) is 8.42 Å². The zero-order valence-corrected chi connectivity index (χ0v) is 12.3. The molecule has 0 bridgehead atoms. The van der Waals surface area contributed by atoms with E-state index in [4.69, 9.17) is 4.74 Å². The SMILES string of the molecule is O=S(=O)(CC1CCCO1)Nc1cccc(-c2ccn[nH]2)c1. The lowest BCUT2D eigenvalue weighted by Gasteiger charge is -2.12. The van der Waals surface area contributed by atoms with E-state index in [1.54, 1.807) is 24.4 Å². The van der Waals surface area contributed by atoms with Gasteiger partial charge in [-0.1, -0.05) is 12.1 Å². The lowest BCUT2D eigenvalue weighted by atomic mass is 10.1. The fourth-order valence-corrected chi connectivity index (χ4v) is 3.73. The number of hydrogen-bond acceptors (Lipinski definition) is 4. The van der Waals surface area contributed by atoms with Gasteiger partial charge < -0.3 is 4.74 Å². The Kier molecular flexibility index (Phi) is 3.94. The minimum atomic E-state index is -3.40. The highest BCUT2D eigenvalue weighted by Gasteiger charge is 2.23. The molecule has 1 saturated heterocycles. The molecule has 1 atom stereocenters. The predicted molar refractivity (Wildman–Crippen MR) is 80.4 cm³/mol. The highest BCUT2D eigenvalue weighted by molar-refractivity contribution is 7.92. The van der Waals surface area contributed by atoms with Crippen molar-refractivity contribution in [3.63, 3.8) is 0 Å². The van der Waals surface area contributed by atoms with Gasteiger partial charge in [0.05, 0.1) is 17.6 Å². The molecule has 1 aromatic carbocycles. The number of rotatable bonds is 5. The summed E-state index contributed by atoms with van der Waals surface area (Å²) in [6.45, 7) is 0.648. The molecule has 21 heavy (non-hydrogen) atoms. The van der Waals surface area contributed by atoms with E-state index >= 15 is 0 Å². The summed E-state index contributed by atoms with van der Waals surface area (Å²) in [4.78, 5) is 0. The van der Waals surface area contributed by atoms with Crippen molar-refractivity contribution in [2.75, 3.05) is 17.1 Å². The molecule has 1 aliphatic heterocycles. The summed E-state index contributed by atoms with van der Waals surface area (Å²) in [7, 11) is -3.40. The van der Waals surface area contributed by atoms with Crippen LogP contribution < -0.4 is 4.72 Å². The lowest BCUT2D eigenvalue weighted by molar-refractivity contribution is 0.127. The Morgan fingerprint density at radius 2 is 2.29 bits per heavy atom. The Labute approximate surface area is 123 Å². The number of aromatic amines is 1. The van der Waals surface area contributed by atoms with Crippen LogP contribution >= 0.6 is 0 Å². The molecule has 2 aromatic rings. The van der Waals surface area contributed by atoms with Crippen molar-refractivity contribution in [2.24, 2.45) is 0 Å². The zero-order valence-electron chi connectivity index (χ0n) is 11.5. The molecule has 0 radical (unpaired) electrons. The third kappa shape index (κ3) is 3.62. The number of H-pyrrole nitrogens is 1. The average molecular weight is 307 g/mol. The smallest absolute Gasteiger partial charge is 0.235 e. The fraction of sp³-hybridized carbons (Fsp3) is 0.357. The van der Waals surface area contributed by atoms with Crippen LogP contribution in [-0.2, 0) is 14.8 Å². The van der Waals surface area contributed by atoms with Crippen molar-refractivity contribution in [3.05, 3.63) is 36.5 Å². The van der Waals surface area contributed by atoms with Crippen molar-refractivity contribution in [2.45, 2.75) is 18.9 Å². The molecule has 0 aliphatic carbocycles. The Balaban J connectivity index is 1.73. The van der Waals surface area contributed by atoms with Crippen molar-refractivity contribution >= 4 is 15.7 Å². The van der Waals surface area contributed by atoms with Crippen LogP contribution in [-0.4, -0.2) is 37.1 Å². The highest BCUT2D eigenvalue weighted by Crippen LogP contribution is 2.22. The summed E-state index contributed by atoms with van der Waals surface area (Å²) in [6.07, 6.45) is 3.19. The predicted octanol–water partition coefficient (Wildman–Crippen LogP) is 2.00. The maximum atomic E-state index is 12.1. The Morgan fingerprint density at radius 3 is 3.00 bits per heavy atom. The monoisotopic (exact) mass is 307 g/mol. The molecule has 0 amide bonds. The van der Waals surface area contributed by atoms with E-state index in [1.807, 2.05) is 12.1 Å². The molecular weight excluding hydrogens is 290 g/mol. The second kappa shape index (κ2) is 5.87. The number of anilines is 1. The zero-order chi connectivity index (χ0) is 14.7. The van der Waals surface area contributed by atoms with Gasteiger partial charge in [-0.2, -0.15) is 5.10 Å². The summed E-state index contributed by atoms with van der Waals surface area (Å²) in [5.74, 6) is 0.00127. The second-order valence-corrected chi connectivity index (χ2v) is 6.84. The molecule has 2 N–H and O–H groups in total. The first-order valence-corrected chi connectivity index (χ1v) is 8.49. The van der Waals surface area contributed by atoms with Crippen LogP contribution in [0.25, 0.3) is 11.3 Å². The van der Waals surface area contributed by atoms with Crippen molar-refractivity contribution < 1.29 is 13.2 Å². The quantitative estimate of drug-likeness (QED) is 0.885. The van der Waals surface area contributed by atoms with Gasteiger partial charge in [0.2, 0.25) is 10.0 Å². The first-order valence-electron chi connectivity index (χ1n) is 6.84. The Hall–Kier alpha value is -1.86. The van der Waals surface area contributed by atoms with Crippen LogP contribution in [0.15, 0.2) is 36.5 Å². The van der Waals surface area contributed by atoms with Crippen molar-refractivity contribution in [1.29, 1.82) is 0 Å². The van der Waals surface area contributed by atoms with E-state index < -0.39 is 10.0 Å². The molecule has 112 valence electrons. The van der Waals surface area contributed by atoms with Crippen LogP contribution in [0.4, 0.5) is 5.69 Å².